The van der Waals surface area contributed by atoms with Gasteiger partial charge < -0.3 is 18.9 Å². The molecule has 144 valence electrons. The normalized spacial score (nSPS) is 21.6. The summed E-state index contributed by atoms with van der Waals surface area (Å²) in [5.74, 6) is 0. The van der Waals surface area contributed by atoms with Crippen molar-refractivity contribution < 1.29 is 14.0 Å². The van der Waals surface area contributed by atoms with Crippen LogP contribution in [0.2, 0.25) is 0 Å². The van der Waals surface area contributed by atoms with Crippen LogP contribution in [0.15, 0.2) is 30.7 Å². The van der Waals surface area contributed by atoms with Crippen molar-refractivity contribution in [1.29, 1.82) is 0 Å². The van der Waals surface area contributed by atoms with Gasteiger partial charge in [0.15, 0.2) is 0 Å². The Hall–Kier alpha value is -1.90. The van der Waals surface area contributed by atoms with E-state index in [0.717, 1.165) is 43.1 Å². The molecule has 4 rings (SSSR count). The summed E-state index contributed by atoms with van der Waals surface area (Å²) < 4.78 is 19.5. The molecule has 2 aliphatic rings. The highest BCUT2D eigenvalue weighted by atomic mass is 16.7. The second-order valence-electron chi connectivity index (χ2n) is 8.17. The molecule has 27 heavy (non-hydrogen) atoms. The molecule has 0 bridgehead atoms. The van der Waals surface area contributed by atoms with Crippen LogP contribution in [0.1, 0.15) is 33.4 Å². The molecular formula is C19H27BN4O3. The number of hydrogen-bond donors (Lipinski definition) is 0. The molecule has 0 radical (unpaired) electrons. The van der Waals surface area contributed by atoms with Crippen LogP contribution in [0, 0.1) is 0 Å². The van der Waals surface area contributed by atoms with Gasteiger partial charge in [-0.05, 0) is 39.8 Å². The maximum atomic E-state index is 6.09. The van der Waals surface area contributed by atoms with Gasteiger partial charge >= 0.3 is 7.12 Å². The third-order valence-electron chi connectivity index (χ3n) is 5.69. The van der Waals surface area contributed by atoms with Crippen LogP contribution in [0.5, 0.6) is 0 Å². The minimum atomic E-state index is -0.389. The maximum Gasteiger partial charge on any atom is 0.498 e. The zero-order valence-corrected chi connectivity index (χ0v) is 16.5. The van der Waals surface area contributed by atoms with Crippen LogP contribution in [-0.2, 0) is 20.6 Å². The van der Waals surface area contributed by atoms with E-state index in [-0.39, 0.29) is 18.3 Å². The monoisotopic (exact) mass is 370 g/mol. The van der Waals surface area contributed by atoms with E-state index in [9.17, 15) is 0 Å². The van der Waals surface area contributed by atoms with Gasteiger partial charge in [0.2, 0.25) is 0 Å². The summed E-state index contributed by atoms with van der Waals surface area (Å²) in [4.78, 5) is 6.89. The molecule has 0 N–H and O–H groups in total. The Balaban J connectivity index is 1.41. The lowest BCUT2D eigenvalue weighted by Crippen LogP contribution is -2.41. The molecule has 0 amide bonds. The third-order valence-corrected chi connectivity index (χ3v) is 5.69. The second-order valence-corrected chi connectivity index (χ2v) is 8.17. The number of hydrogen-bond acceptors (Lipinski definition) is 6. The number of nitrogens with zero attached hydrogens (tertiary/aromatic N) is 4. The fourth-order valence-electron chi connectivity index (χ4n) is 3.25. The topological polar surface area (TPSA) is 61.6 Å². The first-order valence-electron chi connectivity index (χ1n) is 9.50. The van der Waals surface area contributed by atoms with Crippen molar-refractivity contribution >= 4 is 18.3 Å². The number of aromatic nitrogens is 3. The van der Waals surface area contributed by atoms with E-state index in [0.29, 0.717) is 6.54 Å². The number of morpholine rings is 1. The largest absolute Gasteiger partial charge is 0.498 e. The maximum absolute atomic E-state index is 6.09. The zero-order chi connectivity index (χ0) is 19.1. The molecule has 0 saturated carbocycles. The minimum absolute atomic E-state index is 0.351. The molecule has 0 aliphatic carbocycles. The summed E-state index contributed by atoms with van der Waals surface area (Å²) in [6.07, 6.45) is 5.71. The van der Waals surface area contributed by atoms with E-state index in [4.69, 9.17) is 14.0 Å². The summed E-state index contributed by atoms with van der Waals surface area (Å²) in [5, 5.41) is 4.45. The summed E-state index contributed by atoms with van der Waals surface area (Å²) in [5.41, 5.74) is 2.34. The quantitative estimate of drug-likeness (QED) is 0.760. The molecule has 2 aliphatic heterocycles. The number of pyridine rings is 1. The standard InChI is InChI=1S/C19H27BN4O3/c1-18(2)19(3,4)27-20(26-18)15-11-22-24(13-15)14-16-5-6-17(12-21-16)23-7-9-25-10-8-23/h5-6,11-13H,7-10,14H2,1-4H3. The Bertz CT molecular complexity index is 769. The molecule has 2 aromatic heterocycles. The zero-order valence-electron chi connectivity index (χ0n) is 16.5. The van der Waals surface area contributed by atoms with Gasteiger partial charge in [0.05, 0.1) is 48.5 Å². The van der Waals surface area contributed by atoms with Gasteiger partial charge in [-0.3, -0.25) is 9.67 Å². The summed E-state index contributed by atoms with van der Waals surface area (Å²) in [6, 6.07) is 4.17. The van der Waals surface area contributed by atoms with E-state index in [1.165, 1.54) is 0 Å². The van der Waals surface area contributed by atoms with Crippen molar-refractivity contribution in [3.63, 3.8) is 0 Å². The van der Waals surface area contributed by atoms with E-state index < -0.39 is 0 Å². The van der Waals surface area contributed by atoms with E-state index in [1.54, 1.807) is 0 Å². The molecule has 0 aromatic carbocycles. The summed E-state index contributed by atoms with van der Waals surface area (Å²) in [6.45, 7) is 12.2. The molecule has 2 saturated heterocycles. The number of anilines is 1. The number of ether oxygens (including phenoxy) is 1. The molecule has 0 atom stereocenters. The van der Waals surface area contributed by atoms with E-state index in [1.807, 2.05) is 23.3 Å². The summed E-state index contributed by atoms with van der Waals surface area (Å²) >= 11 is 0. The van der Waals surface area contributed by atoms with Gasteiger partial charge in [0.1, 0.15) is 0 Å². The van der Waals surface area contributed by atoms with Crippen LogP contribution in [0.25, 0.3) is 0 Å². The Labute approximate surface area is 160 Å². The molecule has 2 aromatic rings. The lowest BCUT2D eigenvalue weighted by molar-refractivity contribution is 0.00578. The first-order valence-corrected chi connectivity index (χ1v) is 9.50. The lowest BCUT2D eigenvalue weighted by Gasteiger charge is -2.32. The Kier molecular flexibility index (Phi) is 4.74. The molecule has 8 heteroatoms. The van der Waals surface area contributed by atoms with Crippen LogP contribution < -0.4 is 10.4 Å². The Morgan fingerprint density at radius 2 is 1.74 bits per heavy atom. The van der Waals surface area contributed by atoms with Gasteiger partial charge in [-0.15, -0.1) is 0 Å². The average Bonchev–Trinajstić information content (AvgIpc) is 3.18. The highest BCUT2D eigenvalue weighted by Crippen LogP contribution is 2.36. The molecule has 2 fully saturated rings. The second kappa shape index (κ2) is 6.93. The summed E-state index contributed by atoms with van der Waals surface area (Å²) in [7, 11) is -0.389. The Morgan fingerprint density at radius 1 is 1.04 bits per heavy atom. The predicted molar refractivity (Wildman–Crippen MR) is 104 cm³/mol. The first-order chi connectivity index (χ1) is 12.8. The first kappa shape index (κ1) is 18.5. The third kappa shape index (κ3) is 3.74. The molecule has 7 nitrogen and oxygen atoms in total. The van der Waals surface area contributed by atoms with Gasteiger partial charge in [-0.2, -0.15) is 5.10 Å². The predicted octanol–water partition coefficient (Wildman–Crippen LogP) is 1.46. The average molecular weight is 370 g/mol. The van der Waals surface area contributed by atoms with Crippen molar-refractivity contribution in [2.45, 2.75) is 45.4 Å². The van der Waals surface area contributed by atoms with Crippen LogP contribution in [0.3, 0.4) is 0 Å². The van der Waals surface area contributed by atoms with E-state index in [2.05, 4.69) is 54.8 Å². The van der Waals surface area contributed by atoms with Gasteiger partial charge in [-0.25, -0.2) is 0 Å². The van der Waals surface area contributed by atoms with Gasteiger partial charge in [0, 0.05) is 30.9 Å². The van der Waals surface area contributed by atoms with Crippen molar-refractivity contribution in [3.05, 3.63) is 36.4 Å². The highest BCUT2D eigenvalue weighted by molar-refractivity contribution is 6.61. The van der Waals surface area contributed by atoms with Crippen molar-refractivity contribution in [1.82, 2.24) is 14.8 Å². The smallest absolute Gasteiger partial charge is 0.399 e. The van der Waals surface area contributed by atoms with Crippen molar-refractivity contribution in [2.24, 2.45) is 0 Å². The van der Waals surface area contributed by atoms with Gasteiger partial charge in [-0.1, -0.05) is 0 Å². The van der Waals surface area contributed by atoms with Crippen LogP contribution in [-0.4, -0.2) is 59.4 Å². The van der Waals surface area contributed by atoms with E-state index >= 15 is 0 Å². The minimum Gasteiger partial charge on any atom is -0.399 e. The molecule has 0 spiro atoms. The fourth-order valence-corrected chi connectivity index (χ4v) is 3.25. The van der Waals surface area contributed by atoms with Crippen molar-refractivity contribution in [2.75, 3.05) is 31.2 Å². The Morgan fingerprint density at radius 3 is 2.37 bits per heavy atom. The highest BCUT2D eigenvalue weighted by Gasteiger charge is 2.52. The molecule has 0 unspecified atom stereocenters. The molecular weight excluding hydrogens is 343 g/mol. The van der Waals surface area contributed by atoms with Gasteiger partial charge in [0.25, 0.3) is 0 Å². The van der Waals surface area contributed by atoms with Crippen LogP contribution in [0.4, 0.5) is 5.69 Å². The lowest BCUT2D eigenvalue weighted by atomic mass is 9.82. The van der Waals surface area contributed by atoms with Crippen molar-refractivity contribution in [3.8, 4) is 0 Å². The SMILES string of the molecule is CC1(C)OB(c2cnn(Cc3ccc(N4CCOCC4)cn3)c2)OC1(C)C. The number of rotatable bonds is 4. The molecule has 4 heterocycles. The fraction of sp³-hybridized carbons (Fsp3) is 0.579. The van der Waals surface area contributed by atoms with Crippen LogP contribution >= 0.6 is 0 Å².